The fourth-order valence-electron chi connectivity index (χ4n) is 2.06. The minimum atomic E-state index is 0.124. The molecule has 0 saturated heterocycles. The smallest absolute Gasteiger partial charge is 0.107 e. The van der Waals surface area contributed by atoms with Crippen LogP contribution in [-0.4, -0.2) is 9.97 Å². The number of hydrogen-bond acceptors (Lipinski definition) is 5. The van der Waals surface area contributed by atoms with Crippen molar-refractivity contribution < 1.29 is 0 Å². The molecule has 5 heteroatoms. The zero-order valence-corrected chi connectivity index (χ0v) is 15.4. The summed E-state index contributed by atoms with van der Waals surface area (Å²) in [5, 5.41) is 5.95. The second-order valence-corrected chi connectivity index (χ2v) is 8.63. The molecule has 0 spiro atoms. The molecule has 0 aliphatic carbocycles. The van der Waals surface area contributed by atoms with Gasteiger partial charge in [-0.1, -0.05) is 27.7 Å². The summed E-state index contributed by atoms with van der Waals surface area (Å²) in [5.41, 5.74) is 1.27. The Balaban J connectivity index is 2.03. The first-order valence-corrected chi connectivity index (χ1v) is 9.09. The van der Waals surface area contributed by atoms with Crippen LogP contribution in [0.15, 0.2) is 6.20 Å². The number of thiazole rings is 2. The van der Waals surface area contributed by atoms with Gasteiger partial charge >= 0.3 is 0 Å². The summed E-state index contributed by atoms with van der Waals surface area (Å²) in [5.74, 6) is 0. The van der Waals surface area contributed by atoms with E-state index in [1.807, 2.05) is 17.5 Å². The molecule has 0 fully saturated rings. The molecule has 0 aliphatic rings. The van der Waals surface area contributed by atoms with Gasteiger partial charge in [-0.25, -0.2) is 9.97 Å². The van der Waals surface area contributed by atoms with E-state index in [0.717, 1.165) is 23.7 Å². The van der Waals surface area contributed by atoms with Gasteiger partial charge in [-0.15, -0.1) is 22.7 Å². The Hall–Kier alpha value is -0.780. The molecule has 21 heavy (non-hydrogen) atoms. The van der Waals surface area contributed by atoms with Gasteiger partial charge in [0.25, 0.3) is 0 Å². The average Bonchev–Trinajstić information content (AvgIpc) is 3.01. The van der Waals surface area contributed by atoms with E-state index in [1.165, 1.54) is 14.8 Å². The van der Waals surface area contributed by atoms with Gasteiger partial charge in [0.05, 0.1) is 10.7 Å². The number of hydrogen-bond donors (Lipinski definition) is 1. The van der Waals surface area contributed by atoms with Gasteiger partial charge in [-0.2, -0.15) is 0 Å². The van der Waals surface area contributed by atoms with Crippen molar-refractivity contribution >= 4 is 22.7 Å². The van der Waals surface area contributed by atoms with Crippen molar-refractivity contribution in [3.8, 4) is 0 Å². The Morgan fingerprint density at radius 2 is 2.00 bits per heavy atom. The first kappa shape index (κ1) is 16.6. The van der Waals surface area contributed by atoms with E-state index in [2.05, 4.69) is 51.8 Å². The van der Waals surface area contributed by atoms with E-state index in [1.54, 1.807) is 11.3 Å². The van der Waals surface area contributed by atoms with Crippen LogP contribution in [0.1, 0.15) is 66.1 Å². The van der Waals surface area contributed by atoms with Gasteiger partial charge in [0.15, 0.2) is 0 Å². The molecule has 0 radical (unpaired) electrons. The first-order valence-electron chi connectivity index (χ1n) is 7.46. The Morgan fingerprint density at radius 1 is 1.29 bits per heavy atom. The molecular weight excluding hydrogens is 298 g/mol. The van der Waals surface area contributed by atoms with E-state index in [-0.39, 0.29) is 5.41 Å². The molecule has 2 aromatic heterocycles. The fourth-order valence-corrected chi connectivity index (χ4v) is 4.02. The predicted molar refractivity (Wildman–Crippen MR) is 92.3 cm³/mol. The van der Waals surface area contributed by atoms with E-state index >= 15 is 0 Å². The van der Waals surface area contributed by atoms with Crippen molar-refractivity contribution in [1.82, 2.24) is 15.3 Å². The first-order chi connectivity index (χ1) is 9.81. The van der Waals surface area contributed by atoms with Gasteiger partial charge in [0, 0.05) is 34.0 Å². The molecule has 1 N–H and O–H groups in total. The highest BCUT2D eigenvalue weighted by Gasteiger charge is 2.22. The lowest BCUT2D eigenvalue weighted by atomic mass is 9.98. The molecule has 2 heterocycles. The van der Waals surface area contributed by atoms with Crippen molar-refractivity contribution in [2.45, 2.75) is 66.0 Å². The van der Waals surface area contributed by atoms with Crippen molar-refractivity contribution in [2.75, 3.05) is 0 Å². The number of rotatable bonds is 5. The highest BCUT2D eigenvalue weighted by atomic mass is 32.1. The molecular formula is C16H25N3S2. The lowest BCUT2D eigenvalue weighted by Gasteiger charge is -2.14. The molecule has 0 aliphatic heterocycles. The molecule has 0 saturated carbocycles. The molecule has 2 rings (SSSR count). The molecule has 2 aromatic rings. The number of aromatic nitrogens is 2. The van der Waals surface area contributed by atoms with E-state index in [0.29, 0.717) is 6.04 Å². The van der Waals surface area contributed by atoms with Crippen LogP contribution in [0.5, 0.6) is 0 Å². The van der Waals surface area contributed by atoms with Crippen LogP contribution in [0.25, 0.3) is 0 Å². The standard InChI is InChI=1S/C16H25N3S2/c1-7-12-8-18-13(20-12)9-17-10(2)14-11(3)19-15(21-14)16(4,5)6/h8,10,17H,7,9H2,1-6H3. The molecule has 116 valence electrons. The lowest BCUT2D eigenvalue weighted by molar-refractivity contribution is 0.576. The normalized spacial score (nSPS) is 13.6. The summed E-state index contributed by atoms with van der Waals surface area (Å²) in [7, 11) is 0. The van der Waals surface area contributed by atoms with Crippen LogP contribution in [0.4, 0.5) is 0 Å². The predicted octanol–water partition coefficient (Wildman–Crippen LogP) is 4.62. The lowest BCUT2D eigenvalue weighted by Crippen LogP contribution is -2.17. The maximum atomic E-state index is 4.74. The van der Waals surface area contributed by atoms with Gasteiger partial charge in [-0.3, -0.25) is 0 Å². The average molecular weight is 324 g/mol. The summed E-state index contributed by atoms with van der Waals surface area (Å²) in [6, 6.07) is 0.313. The zero-order chi connectivity index (χ0) is 15.6. The van der Waals surface area contributed by atoms with Gasteiger partial charge in [0.2, 0.25) is 0 Å². The summed E-state index contributed by atoms with van der Waals surface area (Å²) in [6.07, 6.45) is 3.05. The molecule has 3 nitrogen and oxygen atoms in total. The summed E-state index contributed by atoms with van der Waals surface area (Å²) in [4.78, 5) is 11.9. The third-order valence-electron chi connectivity index (χ3n) is 3.38. The number of nitrogens with one attached hydrogen (secondary N) is 1. The largest absolute Gasteiger partial charge is 0.303 e. The Bertz CT molecular complexity index is 593. The van der Waals surface area contributed by atoms with Crippen molar-refractivity contribution in [3.05, 3.63) is 31.7 Å². The summed E-state index contributed by atoms with van der Waals surface area (Å²) >= 11 is 3.63. The van der Waals surface area contributed by atoms with Gasteiger partial charge < -0.3 is 5.32 Å². The minimum absolute atomic E-state index is 0.124. The van der Waals surface area contributed by atoms with E-state index in [9.17, 15) is 0 Å². The quantitative estimate of drug-likeness (QED) is 0.872. The van der Waals surface area contributed by atoms with Crippen molar-refractivity contribution in [2.24, 2.45) is 0 Å². The summed E-state index contributed by atoms with van der Waals surface area (Å²) < 4.78 is 0. The molecule has 0 amide bonds. The van der Waals surface area contributed by atoms with Crippen LogP contribution >= 0.6 is 22.7 Å². The van der Waals surface area contributed by atoms with Crippen LogP contribution in [-0.2, 0) is 18.4 Å². The second kappa shape index (κ2) is 6.55. The van der Waals surface area contributed by atoms with Crippen LogP contribution in [0, 0.1) is 6.92 Å². The maximum Gasteiger partial charge on any atom is 0.107 e. The maximum absolute atomic E-state index is 4.74. The van der Waals surface area contributed by atoms with Crippen LogP contribution < -0.4 is 5.32 Å². The SMILES string of the molecule is CCc1cnc(CNC(C)c2sc(C(C)(C)C)nc2C)s1. The molecule has 1 atom stereocenters. The van der Waals surface area contributed by atoms with Gasteiger partial charge in [-0.05, 0) is 20.3 Å². The van der Waals surface area contributed by atoms with Gasteiger partial charge in [0.1, 0.15) is 5.01 Å². The molecule has 0 aromatic carbocycles. The fraction of sp³-hybridized carbons (Fsp3) is 0.625. The molecule has 1 unspecified atom stereocenters. The highest BCUT2D eigenvalue weighted by molar-refractivity contribution is 7.12. The van der Waals surface area contributed by atoms with Crippen molar-refractivity contribution in [1.29, 1.82) is 0 Å². The zero-order valence-electron chi connectivity index (χ0n) is 13.8. The number of nitrogens with zero attached hydrogens (tertiary/aromatic N) is 2. The second-order valence-electron chi connectivity index (χ2n) is 6.40. The minimum Gasteiger partial charge on any atom is -0.303 e. The monoisotopic (exact) mass is 323 g/mol. The van der Waals surface area contributed by atoms with Crippen molar-refractivity contribution in [3.63, 3.8) is 0 Å². The Kier molecular flexibility index (Phi) is 5.17. The Morgan fingerprint density at radius 3 is 2.52 bits per heavy atom. The van der Waals surface area contributed by atoms with E-state index in [4.69, 9.17) is 4.98 Å². The van der Waals surface area contributed by atoms with Crippen LogP contribution in [0.2, 0.25) is 0 Å². The third-order valence-corrected chi connectivity index (χ3v) is 6.28. The molecule has 0 bridgehead atoms. The number of aryl methyl sites for hydroxylation is 2. The topological polar surface area (TPSA) is 37.8 Å². The van der Waals surface area contributed by atoms with Crippen LogP contribution in [0.3, 0.4) is 0 Å². The van der Waals surface area contributed by atoms with E-state index < -0.39 is 0 Å². The third kappa shape index (κ3) is 4.11. The Labute approximate surface area is 135 Å². The summed E-state index contributed by atoms with van der Waals surface area (Å²) in [6.45, 7) is 14.0. The highest BCUT2D eigenvalue weighted by Crippen LogP contribution is 2.32.